The van der Waals surface area contributed by atoms with Crippen molar-refractivity contribution in [1.82, 2.24) is 10.0 Å². The van der Waals surface area contributed by atoms with E-state index in [4.69, 9.17) is 4.74 Å². The summed E-state index contributed by atoms with van der Waals surface area (Å²) in [6.45, 7) is 2.21. The fourth-order valence-corrected chi connectivity index (χ4v) is 5.03. The Bertz CT molecular complexity index is 939. The van der Waals surface area contributed by atoms with Gasteiger partial charge in [-0.2, -0.15) is 0 Å². The number of ether oxygens (including phenoxy) is 1. The van der Waals surface area contributed by atoms with Gasteiger partial charge in [0.05, 0.1) is 4.90 Å². The van der Waals surface area contributed by atoms with Crippen LogP contribution in [0.1, 0.15) is 43.2 Å². The Balaban J connectivity index is 1.49. The molecule has 162 valence electrons. The average molecular weight is 431 g/mol. The van der Waals surface area contributed by atoms with E-state index in [1.807, 2.05) is 30.3 Å². The lowest BCUT2D eigenvalue weighted by atomic mass is 9.96. The fraction of sp³-hybridized carbons (Fsp3) is 0.435. The zero-order chi connectivity index (χ0) is 21.4. The van der Waals surface area contributed by atoms with Crippen molar-refractivity contribution in [3.05, 3.63) is 59.7 Å². The van der Waals surface area contributed by atoms with Crippen LogP contribution in [0.25, 0.3) is 0 Å². The second kappa shape index (κ2) is 10.6. The van der Waals surface area contributed by atoms with Gasteiger partial charge in [0.25, 0.3) is 5.91 Å². The van der Waals surface area contributed by atoms with Gasteiger partial charge in [-0.15, -0.1) is 0 Å². The maximum atomic E-state index is 12.6. The molecule has 1 saturated carbocycles. The number of carbonyl (C=O) groups is 1. The van der Waals surface area contributed by atoms with Gasteiger partial charge in [0.2, 0.25) is 10.0 Å². The predicted octanol–water partition coefficient (Wildman–Crippen LogP) is 3.34. The third-order valence-electron chi connectivity index (χ3n) is 5.32. The Kier molecular flexibility index (Phi) is 7.87. The van der Waals surface area contributed by atoms with Gasteiger partial charge in [-0.05, 0) is 55.5 Å². The Labute approximate surface area is 179 Å². The minimum atomic E-state index is -3.55. The van der Waals surface area contributed by atoms with Crippen LogP contribution < -0.4 is 14.8 Å². The van der Waals surface area contributed by atoms with E-state index in [2.05, 4.69) is 10.0 Å². The summed E-state index contributed by atoms with van der Waals surface area (Å²) in [4.78, 5) is 12.3. The van der Waals surface area contributed by atoms with E-state index < -0.39 is 10.0 Å². The summed E-state index contributed by atoms with van der Waals surface area (Å²) in [7, 11) is -3.55. The minimum absolute atomic E-state index is 0.0135. The molecule has 0 atom stereocenters. The van der Waals surface area contributed by atoms with Crippen molar-refractivity contribution in [1.29, 1.82) is 0 Å². The van der Waals surface area contributed by atoms with E-state index in [0.717, 1.165) is 37.7 Å². The van der Waals surface area contributed by atoms with Crippen LogP contribution in [0.4, 0.5) is 0 Å². The number of rotatable bonds is 9. The van der Waals surface area contributed by atoms with E-state index in [-0.39, 0.29) is 23.5 Å². The quantitative estimate of drug-likeness (QED) is 0.639. The number of benzene rings is 2. The van der Waals surface area contributed by atoms with E-state index >= 15 is 0 Å². The third kappa shape index (κ3) is 6.57. The lowest BCUT2D eigenvalue weighted by molar-refractivity contribution is -0.123. The Morgan fingerprint density at radius 2 is 1.80 bits per heavy atom. The molecule has 1 aliphatic carbocycles. The number of hydrogen-bond donors (Lipinski definition) is 2. The molecule has 0 unspecified atom stereocenters. The minimum Gasteiger partial charge on any atom is -0.484 e. The smallest absolute Gasteiger partial charge is 0.257 e. The number of amides is 1. The van der Waals surface area contributed by atoms with Gasteiger partial charge >= 0.3 is 0 Å². The van der Waals surface area contributed by atoms with Gasteiger partial charge in [-0.1, -0.05) is 49.6 Å². The van der Waals surface area contributed by atoms with E-state index in [1.165, 1.54) is 12.5 Å². The highest BCUT2D eigenvalue weighted by molar-refractivity contribution is 7.89. The van der Waals surface area contributed by atoms with Gasteiger partial charge in [-0.25, -0.2) is 13.1 Å². The standard InChI is InChI=1S/C23H30N2O4S/c1-18-16-21(30(27,28)25-20-10-6-3-7-11-20)12-13-22(18)29-17-23(26)24-15-14-19-8-4-2-5-9-19/h2,4-5,8-9,12-13,16,20,25H,3,6-7,10-11,14-15,17H2,1H3,(H,24,26). The van der Waals surface area contributed by atoms with Crippen molar-refractivity contribution in [3.63, 3.8) is 0 Å². The Morgan fingerprint density at radius 3 is 2.50 bits per heavy atom. The highest BCUT2D eigenvalue weighted by atomic mass is 32.2. The molecule has 0 spiro atoms. The molecule has 0 saturated heterocycles. The predicted molar refractivity (Wildman–Crippen MR) is 117 cm³/mol. The highest BCUT2D eigenvalue weighted by Crippen LogP contribution is 2.24. The van der Waals surface area contributed by atoms with Crippen molar-refractivity contribution in [2.45, 2.75) is 56.4 Å². The summed E-state index contributed by atoms with van der Waals surface area (Å²) in [5.74, 6) is 0.297. The molecule has 0 aromatic heterocycles. The van der Waals surface area contributed by atoms with Crippen LogP contribution in [0, 0.1) is 6.92 Å². The molecular weight excluding hydrogens is 400 g/mol. The first-order valence-corrected chi connectivity index (χ1v) is 12.0. The van der Waals surface area contributed by atoms with Gasteiger partial charge in [0, 0.05) is 12.6 Å². The maximum Gasteiger partial charge on any atom is 0.257 e. The van der Waals surface area contributed by atoms with E-state index in [0.29, 0.717) is 17.9 Å². The average Bonchev–Trinajstić information content (AvgIpc) is 2.74. The molecule has 30 heavy (non-hydrogen) atoms. The molecule has 1 fully saturated rings. The van der Waals surface area contributed by atoms with Crippen molar-refractivity contribution in [2.75, 3.05) is 13.2 Å². The zero-order valence-electron chi connectivity index (χ0n) is 17.4. The second-order valence-corrected chi connectivity index (χ2v) is 9.47. The Morgan fingerprint density at radius 1 is 1.07 bits per heavy atom. The first kappa shape index (κ1) is 22.3. The van der Waals surface area contributed by atoms with Gasteiger partial charge in [0.1, 0.15) is 5.75 Å². The molecule has 6 nitrogen and oxygen atoms in total. The first-order valence-electron chi connectivity index (χ1n) is 10.5. The van der Waals surface area contributed by atoms with Crippen LogP contribution in [-0.2, 0) is 21.2 Å². The van der Waals surface area contributed by atoms with Crippen LogP contribution in [-0.4, -0.2) is 33.5 Å². The monoisotopic (exact) mass is 430 g/mol. The third-order valence-corrected chi connectivity index (χ3v) is 6.84. The summed E-state index contributed by atoms with van der Waals surface area (Å²) in [5.41, 5.74) is 1.84. The van der Waals surface area contributed by atoms with Crippen LogP contribution >= 0.6 is 0 Å². The molecular formula is C23H30N2O4S. The second-order valence-electron chi connectivity index (χ2n) is 7.76. The van der Waals surface area contributed by atoms with Gasteiger partial charge in [-0.3, -0.25) is 4.79 Å². The summed E-state index contributed by atoms with van der Waals surface area (Å²) >= 11 is 0. The molecule has 0 aliphatic heterocycles. The molecule has 0 radical (unpaired) electrons. The Hall–Kier alpha value is -2.38. The number of sulfonamides is 1. The summed E-state index contributed by atoms with van der Waals surface area (Å²) in [6.07, 6.45) is 5.83. The SMILES string of the molecule is Cc1cc(S(=O)(=O)NC2CCCCC2)ccc1OCC(=O)NCCc1ccccc1. The van der Waals surface area contributed by atoms with Crippen LogP contribution in [0.3, 0.4) is 0 Å². The number of hydrogen-bond acceptors (Lipinski definition) is 4. The van der Waals surface area contributed by atoms with Crippen LogP contribution in [0.15, 0.2) is 53.4 Å². The summed E-state index contributed by atoms with van der Waals surface area (Å²) in [5, 5.41) is 2.83. The maximum absolute atomic E-state index is 12.6. The highest BCUT2D eigenvalue weighted by Gasteiger charge is 2.22. The molecule has 2 aromatic rings. The largest absolute Gasteiger partial charge is 0.484 e. The summed E-state index contributed by atoms with van der Waals surface area (Å²) < 4.78 is 33.7. The molecule has 2 N–H and O–H groups in total. The molecule has 7 heteroatoms. The topological polar surface area (TPSA) is 84.5 Å². The lowest BCUT2D eigenvalue weighted by Gasteiger charge is -2.22. The molecule has 1 aliphatic rings. The molecule has 1 amide bonds. The molecule has 2 aromatic carbocycles. The lowest BCUT2D eigenvalue weighted by Crippen LogP contribution is -2.36. The van der Waals surface area contributed by atoms with Crippen LogP contribution in [0.2, 0.25) is 0 Å². The number of carbonyl (C=O) groups excluding carboxylic acids is 1. The number of nitrogens with one attached hydrogen (secondary N) is 2. The normalized spacial score (nSPS) is 15.0. The van der Waals surface area contributed by atoms with Crippen molar-refractivity contribution >= 4 is 15.9 Å². The molecule has 3 rings (SSSR count). The van der Waals surface area contributed by atoms with Crippen LogP contribution in [0.5, 0.6) is 5.75 Å². The van der Waals surface area contributed by atoms with Crippen molar-refractivity contribution < 1.29 is 17.9 Å². The molecule has 0 heterocycles. The fourth-order valence-electron chi connectivity index (χ4n) is 3.64. The summed E-state index contributed by atoms with van der Waals surface area (Å²) in [6, 6.07) is 14.7. The van der Waals surface area contributed by atoms with E-state index in [1.54, 1.807) is 19.1 Å². The first-order chi connectivity index (χ1) is 14.4. The van der Waals surface area contributed by atoms with E-state index in [9.17, 15) is 13.2 Å². The number of aryl methyl sites for hydroxylation is 1. The zero-order valence-corrected chi connectivity index (χ0v) is 18.2. The van der Waals surface area contributed by atoms with Gasteiger partial charge in [0.15, 0.2) is 6.61 Å². The molecule has 0 bridgehead atoms. The van der Waals surface area contributed by atoms with Crippen molar-refractivity contribution in [2.24, 2.45) is 0 Å². The van der Waals surface area contributed by atoms with Crippen molar-refractivity contribution in [3.8, 4) is 5.75 Å². The van der Waals surface area contributed by atoms with Gasteiger partial charge < -0.3 is 10.1 Å².